The van der Waals surface area contributed by atoms with Gasteiger partial charge < -0.3 is 9.64 Å². The smallest absolute Gasteiger partial charge is 0.266 e. The molecule has 0 amide bonds. The summed E-state index contributed by atoms with van der Waals surface area (Å²) in [6.07, 6.45) is 4.77. The van der Waals surface area contributed by atoms with Crippen molar-refractivity contribution < 1.29 is 35.2 Å². The maximum Gasteiger partial charge on any atom is 0.266 e. The zero-order valence-electron chi connectivity index (χ0n) is 24.7. The third-order valence-corrected chi connectivity index (χ3v) is 10.2. The molecule has 1 aliphatic heterocycles. The monoisotopic (exact) mass is 655 g/mol. The molecule has 1 aromatic heterocycles. The van der Waals surface area contributed by atoms with Gasteiger partial charge in [-0.2, -0.15) is 21.4 Å². The van der Waals surface area contributed by atoms with Crippen LogP contribution in [0, 0.1) is 13.8 Å². The molecule has 12 heteroatoms. The number of rotatable bonds is 11. The first-order valence-corrected chi connectivity index (χ1v) is 18.3. The molecular weight excluding hydrogens is 621 g/mol. The topological polar surface area (TPSA) is 125 Å². The molecule has 0 saturated heterocycles. The van der Waals surface area contributed by atoms with Gasteiger partial charge in [-0.3, -0.25) is 9.11 Å². The van der Waals surface area contributed by atoms with E-state index in [-0.39, 0.29) is 18.7 Å². The number of hydrogen-bond donors (Lipinski definition) is 2. The van der Waals surface area contributed by atoms with Crippen LogP contribution in [-0.2, 0) is 26.8 Å². The van der Waals surface area contributed by atoms with Crippen LogP contribution >= 0.6 is 11.3 Å². The van der Waals surface area contributed by atoms with Crippen molar-refractivity contribution in [3.8, 4) is 16.9 Å². The van der Waals surface area contributed by atoms with E-state index in [0.717, 1.165) is 43.1 Å². The van der Waals surface area contributed by atoms with Crippen LogP contribution in [0.4, 0.5) is 5.69 Å². The molecule has 3 aromatic carbocycles. The normalized spacial score (nSPS) is 14.8. The minimum absolute atomic E-state index is 0.00994. The summed E-state index contributed by atoms with van der Waals surface area (Å²) < 4.78 is 74.5. The zero-order valence-corrected chi connectivity index (χ0v) is 27.2. The van der Waals surface area contributed by atoms with Gasteiger partial charge in [0.2, 0.25) is 11.4 Å². The van der Waals surface area contributed by atoms with Crippen molar-refractivity contribution in [1.29, 1.82) is 0 Å². The zero-order chi connectivity index (χ0) is 31.6. The Labute approximate surface area is 262 Å². The molecule has 0 saturated carbocycles. The average Bonchev–Trinajstić information content (AvgIpc) is 3.47. The fourth-order valence-corrected chi connectivity index (χ4v) is 7.27. The first-order valence-electron chi connectivity index (χ1n) is 14.2. The largest absolute Gasteiger partial charge is 0.439 e. The number of hydrogen-bond acceptors (Lipinski definition) is 7. The number of aromatic nitrogens is 1. The number of thiazole rings is 1. The van der Waals surface area contributed by atoms with E-state index in [1.54, 1.807) is 16.2 Å². The van der Waals surface area contributed by atoms with Crippen molar-refractivity contribution >= 4 is 53.6 Å². The highest BCUT2D eigenvalue weighted by atomic mass is 32.2. The van der Waals surface area contributed by atoms with Crippen molar-refractivity contribution in [1.82, 2.24) is 0 Å². The van der Waals surface area contributed by atoms with Crippen LogP contribution in [0.25, 0.3) is 27.4 Å². The number of ether oxygens (including phenoxy) is 1. The van der Waals surface area contributed by atoms with Gasteiger partial charge in [-0.05, 0) is 66.3 Å². The highest BCUT2D eigenvalue weighted by molar-refractivity contribution is 7.86. The molecular formula is C32H35N2O7S3+. The van der Waals surface area contributed by atoms with Crippen molar-refractivity contribution in [3.05, 3.63) is 94.3 Å². The molecule has 0 aliphatic carbocycles. The summed E-state index contributed by atoms with van der Waals surface area (Å²) in [6, 6.07) is 19.8. The van der Waals surface area contributed by atoms with Crippen LogP contribution in [0.1, 0.15) is 35.9 Å². The van der Waals surface area contributed by atoms with Crippen molar-refractivity contribution in [3.63, 3.8) is 0 Å². The maximum atomic E-state index is 11.7. The Bertz CT molecular complexity index is 1980. The Hall–Kier alpha value is -3.55. The standard InChI is InChI=1S/C32H34N2O7S3/c1-4-24(20-32-34(13-8-15-43(35,36)37)28-17-22(2)23(3)18-30(28)42-32)19-31-33(14-16-44(38,39)40)27-21-26(11-12-29(27)41-31)25-9-6-5-7-10-25/h5-7,9-12,17-21H,4,8,13-16H2,1-3H3,(H-,35,36,37,38,39,40)/p+1. The van der Waals surface area contributed by atoms with E-state index in [2.05, 4.69) is 16.7 Å². The molecule has 9 nitrogen and oxygen atoms in total. The lowest BCUT2D eigenvalue weighted by Crippen LogP contribution is -2.36. The van der Waals surface area contributed by atoms with Crippen LogP contribution in [0.2, 0.25) is 0 Å². The summed E-state index contributed by atoms with van der Waals surface area (Å²) in [6.45, 7) is 6.47. The Morgan fingerprint density at radius 1 is 0.932 bits per heavy atom. The highest BCUT2D eigenvalue weighted by Gasteiger charge is 2.29. The minimum atomic E-state index is -4.23. The predicted octanol–water partition coefficient (Wildman–Crippen LogP) is 6.17. The Balaban J connectivity index is 1.55. The van der Waals surface area contributed by atoms with E-state index in [0.29, 0.717) is 30.3 Å². The molecule has 5 rings (SSSR count). The van der Waals surface area contributed by atoms with Crippen LogP contribution in [0.15, 0.2) is 78.2 Å². The maximum absolute atomic E-state index is 11.7. The molecule has 2 N–H and O–H groups in total. The third kappa shape index (κ3) is 7.56. The fraction of sp³-hybridized carbons (Fsp3) is 0.281. The summed E-state index contributed by atoms with van der Waals surface area (Å²) >= 11 is 1.59. The second-order valence-corrected chi connectivity index (χ2v) is 15.0. The molecule has 232 valence electrons. The van der Waals surface area contributed by atoms with Crippen LogP contribution in [-0.4, -0.2) is 44.0 Å². The van der Waals surface area contributed by atoms with E-state index >= 15 is 0 Å². The summed E-state index contributed by atoms with van der Waals surface area (Å²) in [7, 11) is -8.32. The molecule has 0 spiro atoms. The van der Waals surface area contributed by atoms with Gasteiger partial charge in [-0.25, -0.2) is 0 Å². The first-order chi connectivity index (χ1) is 20.8. The fourth-order valence-electron chi connectivity index (χ4n) is 5.12. The predicted molar refractivity (Wildman–Crippen MR) is 175 cm³/mol. The van der Waals surface area contributed by atoms with Gasteiger partial charge in [0.25, 0.3) is 25.2 Å². The molecule has 2 heterocycles. The number of anilines is 1. The summed E-state index contributed by atoms with van der Waals surface area (Å²) in [5.41, 5.74) is 6.80. The van der Waals surface area contributed by atoms with Crippen LogP contribution in [0.3, 0.4) is 0 Å². The molecule has 0 atom stereocenters. The minimum Gasteiger partial charge on any atom is -0.439 e. The molecule has 0 radical (unpaired) electrons. The number of nitrogens with zero attached hydrogens (tertiary/aromatic N) is 2. The lowest BCUT2D eigenvalue weighted by molar-refractivity contribution is -0.668. The number of allylic oxidation sites excluding steroid dienone is 2. The lowest BCUT2D eigenvalue weighted by Gasteiger charge is -2.18. The SMILES string of the molecule is CCC(/C=C1\Oc2ccc(-c3ccccc3)cc2N1CCS(=O)(=O)O)=C\c1sc2cc(C)c(C)cc2[n+]1CCCS(=O)(=O)O. The van der Waals surface area contributed by atoms with E-state index in [1.807, 2.05) is 81.5 Å². The van der Waals surface area contributed by atoms with Gasteiger partial charge in [0.15, 0.2) is 12.3 Å². The van der Waals surface area contributed by atoms with Gasteiger partial charge in [0, 0.05) is 31.2 Å². The number of aryl methyl sites for hydroxylation is 3. The molecule has 0 bridgehead atoms. The molecule has 0 unspecified atom stereocenters. The third-order valence-electron chi connectivity index (χ3n) is 7.57. The Kier molecular flexibility index (Phi) is 9.28. The molecule has 44 heavy (non-hydrogen) atoms. The second kappa shape index (κ2) is 12.8. The summed E-state index contributed by atoms with van der Waals surface area (Å²) in [4.78, 5) is 1.76. The number of benzene rings is 3. The van der Waals surface area contributed by atoms with Crippen molar-refractivity contribution in [2.24, 2.45) is 0 Å². The second-order valence-electron chi connectivity index (χ2n) is 10.8. The molecule has 1 aliphatic rings. The van der Waals surface area contributed by atoms with Crippen molar-refractivity contribution in [2.75, 3.05) is 23.0 Å². The van der Waals surface area contributed by atoms with E-state index in [1.165, 1.54) is 0 Å². The van der Waals surface area contributed by atoms with E-state index < -0.39 is 26.0 Å². The summed E-state index contributed by atoms with van der Waals surface area (Å²) in [5.74, 6) is 0.203. The summed E-state index contributed by atoms with van der Waals surface area (Å²) in [5, 5.41) is 0.903. The van der Waals surface area contributed by atoms with E-state index in [9.17, 15) is 25.9 Å². The Morgan fingerprint density at radius 3 is 2.32 bits per heavy atom. The lowest BCUT2D eigenvalue weighted by atomic mass is 10.0. The number of fused-ring (bicyclic) bond motifs is 2. The first kappa shape index (κ1) is 31.9. The van der Waals surface area contributed by atoms with Gasteiger partial charge in [-0.15, -0.1) is 0 Å². The average molecular weight is 656 g/mol. The van der Waals surface area contributed by atoms with Gasteiger partial charge >= 0.3 is 0 Å². The Morgan fingerprint density at radius 2 is 1.64 bits per heavy atom. The van der Waals surface area contributed by atoms with Crippen molar-refractivity contribution in [2.45, 2.75) is 40.2 Å². The van der Waals surface area contributed by atoms with Crippen LogP contribution < -0.4 is 14.2 Å². The van der Waals surface area contributed by atoms with Crippen LogP contribution in [0.5, 0.6) is 5.75 Å². The quantitative estimate of drug-likeness (QED) is 0.145. The van der Waals surface area contributed by atoms with Gasteiger partial charge in [0.1, 0.15) is 4.70 Å². The molecule has 0 fully saturated rings. The van der Waals surface area contributed by atoms with E-state index in [4.69, 9.17) is 4.74 Å². The molecule has 4 aromatic rings. The van der Waals surface area contributed by atoms with Gasteiger partial charge in [-0.1, -0.05) is 54.7 Å². The van der Waals surface area contributed by atoms with Gasteiger partial charge in [0.05, 0.1) is 17.2 Å². The highest BCUT2D eigenvalue weighted by Crippen LogP contribution is 2.42.